The molecule has 0 aromatic heterocycles. The largest absolute Gasteiger partial charge is 0.319 e. The zero-order chi connectivity index (χ0) is 9.97. The summed E-state index contributed by atoms with van der Waals surface area (Å²) in [7, 11) is 2.01. The fourth-order valence-electron chi connectivity index (χ4n) is 2.33. The zero-order valence-corrected chi connectivity index (χ0v) is 9.27. The standard InChI is InChI=1S/C12H16ClN/c1-14-8-10-4-2-3-9-5-6-11(13)7-12(9)10/h5-7,10,14H,2-4,8H2,1H3. The molecule has 2 rings (SSSR count). The van der Waals surface area contributed by atoms with Crippen molar-refractivity contribution in [1.29, 1.82) is 0 Å². The summed E-state index contributed by atoms with van der Waals surface area (Å²) < 4.78 is 0. The Morgan fingerprint density at radius 2 is 2.36 bits per heavy atom. The second kappa shape index (κ2) is 4.33. The van der Waals surface area contributed by atoms with Gasteiger partial charge in [0.05, 0.1) is 0 Å². The Balaban J connectivity index is 2.32. The van der Waals surface area contributed by atoms with E-state index < -0.39 is 0 Å². The summed E-state index contributed by atoms with van der Waals surface area (Å²) in [6.45, 7) is 1.06. The predicted molar refractivity (Wildman–Crippen MR) is 61.1 cm³/mol. The van der Waals surface area contributed by atoms with Crippen molar-refractivity contribution < 1.29 is 0 Å². The van der Waals surface area contributed by atoms with Crippen molar-refractivity contribution in [1.82, 2.24) is 5.32 Å². The summed E-state index contributed by atoms with van der Waals surface area (Å²) in [5.74, 6) is 0.655. The van der Waals surface area contributed by atoms with E-state index in [0.29, 0.717) is 5.92 Å². The molecule has 76 valence electrons. The summed E-state index contributed by atoms with van der Waals surface area (Å²) in [6, 6.07) is 6.32. The molecule has 0 saturated carbocycles. The number of hydrogen-bond acceptors (Lipinski definition) is 1. The van der Waals surface area contributed by atoms with Gasteiger partial charge in [0.1, 0.15) is 0 Å². The normalized spacial score (nSPS) is 20.6. The highest BCUT2D eigenvalue weighted by Gasteiger charge is 2.19. The molecule has 1 unspecified atom stereocenters. The minimum Gasteiger partial charge on any atom is -0.319 e. The number of rotatable bonds is 2. The number of benzene rings is 1. The third-order valence-corrected chi connectivity index (χ3v) is 3.23. The van der Waals surface area contributed by atoms with E-state index in [-0.39, 0.29) is 0 Å². The highest BCUT2D eigenvalue weighted by molar-refractivity contribution is 6.30. The van der Waals surface area contributed by atoms with Gasteiger partial charge >= 0.3 is 0 Å². The molecule has 0 heterocycles. The summed E-state index contributed by atoms with van der Waals surface area (Å²) in [4.78, 5) is 0. The van der Waals surface area contributed by atoms with E-state index in [1.807, 2.05) is 13.1 Å². The molecule has 1 atom stereocenters. The third-order valence-electron chi connectivity index (χ3n) is 3.00. The van der Waals surface area contributed by atoms with Crippen molar-refractivity contribution in [2.24, 2.45) is 0 Å². The molecule has 0 bridgehead atoms. The molecule has 14 heavy (non-hydrogen) atoms. The van der Waals surface area contributed by atoms with Crippen molar-refractivity contribution in [3.63, 3.8) is 0 Å². The van der Waals surface area contributed by atoms with Crippen LogP contribution in [0.25, 0.3) is 0 Å². The lowest BCUT2D eigenvalue weighted by Crippen LogP contribution is -2.21. The molecule has 1 aliphatic carbocycles. The molecule has 1 N–H and O–H groups in total. The maximum Gasteiger partial charge on any atom is 0.0409 e. The maximum atomic E-state index is 6.02. The van der Waals surface area contributed by atoms with E-state index in [4.69, 9.17) is 11.6 Å². The van der Waals surface area contributed by atoms with Crippen molar-refractivity contribution in [2.45, 2.75) is 25.2 Å². The first-order chi connectivity index (χ1) is 6.81. The van der Waals surface area contributed by atoms with Crippen LogP contribution in [0.2, 0.25) is 5.02 Å². The van der Waals surface area contributed by atoms with Gasteiger partial charge in [-0.2, -0.15) is 0 Å². The smallest absolute Gasteiger partial charge is 0.0409 e. The van der Waals surface area contributed by atoms with E-state index in [1.54, 1.807) is 0 Å². The Morgan fingerprint density at radius 3 is 3.14 bits per heavy atom. The third kappa shape index (κ3) is 1.94. The highest BCUT2D eigenvalue weighted by Crippen LogP contribution is 2.32. The summed E-state index contributed by atoms with van der Waals surface area (Å²) in [5, 5.41) is 4.12. The molecule has 1 aliphatic rings. The van der Waals surface area contributed by atoms with Crippen molar-refractivity contribution >= 4 is 11.6 Å². The Bertz CT molecular complexity index is 322. The molecule has 0 amide bonds. The van der Waals surface area contributed by atoms with Crippen LogP contribution in [0.5, 0.6) is 0 Å². The van der Waals surface area contributed by atoms with Gasteiger partial charge in [-0.15, -0.1) is 0 Å². The molecule has 0 saturated heterocycles. The molecule has 0 aliphatic heterocycles. The van der Waals surface area contributed by atoms with Crippen LogP contribution in [0.3, 0.4) is 0 Å². The van der Waals surface area contributed by atoms with Gasteiger partial charge in [-0.05, 0) is 55.5 Å². The summed E-state index contributed by atoms with van der Waals surface area (Å²) >= 11 is 6.02. The number of halogens is 1. The second-order valence-electron chi connectivity index (χ2n) is 3.99. The first kappa shape index (κ1) is 10.0. The van der Waals surface area contributed by atoms with Crippen molar-refractivity contribution in [3.05, 3.63) is 34.3 Å². The fraction of sp³-hybridized carbons (Fsp3) is 0.500. The lowest BCUT2D eigenvalue weighted by atomic mass is 9.83. The van der Waals surface area contributed by atoms with E-state index in [0.717, 1.165) is 11.6 Å². The Labute approximate surface area is 90.5 Å². The van der Waals surface area contributed by atoms with Gasteiger partial charge in [0.2, 0.25) is 0 Å². The lowest BCUT2D eigenvalue weighted by molar-refractivity contribution is 0.529. The average Bonchev–Trinajstić information content (AvgIpc) is 2.19. The molecular formula is C12H16ClN. The van der Waals surface area contributed by atoms with Gasteiger partial charge in [-0.3, -0.25) is 0 Å². The van der Waals surface area contributed by atoms with Crippen LogP contribution in [0.1, 0.15) is 29.9 Å². The van der Waals surface area contributed by atoms with Crippen LogP contribution in [0, 0.1) is 0 Å². The number of fused-ring (bicyclic) bond motifs is 1. The fourth-order valence-corrected chi connectivity index (χ4v) is 2.51. The van der Waals surface area contributed by atoms with Crippen LogP contribution < -0.4 is 5.32 Å². The predicted octanol–water partition coefficient (Wildman–Crippen LogP) is 2.98. The Hall–Kier alpha value is -0.530. The van der Waals surface area contributed by atoms with E-state index in [9.17, 15) is 0 Å². The van der Waals surface area contributed by atoms with Crippen LogP contribution in [0.4, 0.5) is 0 Å². The minimum atomic E-state index is 0.655. The number of aryl methyl sites for hydroxylation is 1. The molecule has 0 radical (unpaired) electrons. The van der Waals surface area contributed by atoms with Gasteiger partial charge in [0, 0.05) is 11.6 Å². The molecule has 1 aromatic carbocycles. The molecule has 2 heteroatoms. The summed E-state index contributed by atoms with van der Waals surface area (Å²) in [5.41, 5.74) is 2.94. The van der Waals surface area contributed by atoms with E-state index in [2.05, 4.69) is 17.4 Å². The number of hydrogen-bond donors (Lipinski definition) is 1. The molecule has 1 nitrogen and oxygen atoms in total. The lowest BCUT2D eigenvalue weighted by Gasteiger charge is -2.25. The Kier molecular flexibility index (Phi) is 3.09. The molecule has 0 fully saturated rings. The van der Waals surface area contributed by atoms with Crippen LogP contribution in [0.15, 0.2) is 18.2 Å². The average molecular weight is 210 g/mol. The first-order valence-electron chi connectivity index (χ1n) is 5.24. The molecule has 0 spiro atoms. The quantitative estimate of drug-likeness (QED) is 0.790. The van der Waals surface area contributed by atoms with Gasteiger partial charge < -0.3 is 5.32 Å². The van der Waals surface area contributed by atoms with Gasteiger partial charge in [-0.25, -0.2) is 0 Å². The van der Waals surface area contributed by atoms with Crippen LogP contribution >= 0.6 is 11.6 Å². The second-order valence-corrected chi connectivity index (χ2v) is 4.43. The first-order valence-corrected chi connectivity index (χ1v) is 5.62. The molecular weight excluding hydrogens is 194 g/mol. The van der Waals surface area contributed by atoms with E-state index in [1.165, 1.54) is 30.4 Å². The Morgan fingerprint density at radius 1 is 1.50 bits per heavy atom. The monoisotopic (exact) mass is 209 g/mol. The van der Waals surface area contributed by atoms with Gasteiger partial charge in [0.15, 0.2) is 0 Å². The highest BCUT2D eigenvalue weighted by atomic mass is 35.5. The van der Waals surface area contributed by atoms with E-state index >= 15 is 0 Å². The van der Waals surface area contributed by atoms with Crippen molar-refractivity contribution in [3.8, 4) is 0 Å². The topological polar surface area (TPSA) is 12.0 Å². The van der Waals surface area contributed by atoms with Gasteiger partial charge in [0.25, 0.3) is 0 Å². The van der Waals surface area contributed by atoms with Crippen LogP contribution in [-0.2, 0) is 6.42 Å². The van der Waals surface area contributed by atoms with Gasteiger partial charge in [-0.1, -0.05) is 17.7 Å². The SMILES string of the molecule is CNCC1CCCc2ccc(Cl)cc21. The van der Waals surface area contributed by atoms with Crippen molar-refractivity contribution in [2.75, 3.05) is 13.6 Å². The molecule has 1 aromatic rings. The minimum absolute atomic E-state index is 0.655. The van der Waals surface area contributed by atoms with Crippen LogP contribution in [-0.4, -0.2) is 13.6 Å². The zero-order valence-electron chi connectivity index (χ0n) is 8.52. The number of likely N-dealkylation sites (N-methyl/N-ethyl adjacent to an activating group) is 1. The number of nitrogens with one attached hydrogen (secondary N) is 1. The maximum absolute atomic E-state index is 6.02. The summed E-state index contributed by atoms with van der Waals surface area (Å²) in [6.07, 6.45) is 3.81.